The second kappa shape index (κ2) is 12.5. The van der Waals surface area contributed by atoms with Crippen LogP contribution in [-0.4, -0.2) is 82.7 Å². The number of aliphatic hydroxyl groups is 1. The number of aliphatic hydroxyl groups excluding tert-OH is 1. The summed E-state index contributed by atoms with van der Waals surface area (Å²) in [7, 11) is 1.71. The Balaban J connectivity index is 1.49. The molecule has 0 aliphatic carbocycles. The molecule has 3 aliphatic heterocycles. The van der Waals surface area contributed by atoms with Gasteiger partial charge in [0.05, 0.1) is 30.1 Å². The zero-order valence-electron chi connectivity index (χ0n) is 26.7. The van der Waals surface area contributed by atoms with E-state index in [4.69, 9.17) is 4.74 Å². The first kappa shape index (κ1) is 31.7. The van der Waals surface area contributed by atoms with Crippen LogP contribution in [0.5, 0.6) is 0 Å². The van der Waals surface area contributed by atoms with Crippen molar-refractivity contribution in [3.8, 4) is 0 Å². The molecular formula is C38H43N3O5. The molecule has 3 aliphatic rings. The third-order valence-electron chi connectivity index (χ3n) is 10.4. The van der Waals surface area contributed by atoms with E-state index in [1.807, 2.05) is 79.7 Å². The van der Waals surface area contributed by atoms with Gasteiger partial charge in [-0.2, -0.15) is 0 Å². The molecule has 6 atom stereocenters. The maximum atomic E-state index is 15.1. The highest BCUT2D eigenvalue weighted by molar-refractivity contribution is 6.06. The summed E-state index contributed by atoms with van der Waals surface area (Å²) in [6.45, 7) is 9.91. The lowest BCUT2D eigenvalue weighted by Crippen LogP contribution is -2.59. The Morgan fingerprint density at radius 3 is 2.37 bits per heavy atom. The van der Waals surface area contributed by atoms with Crippen molar-refractivity contribution in [2.24, 2.45) is 11.8 Å². The molecule has 3 aromatic carbocycles. The largest absolute Gasteiger partial charge is 0.394 e. The minimum atomic E-state index is -1.22. The number of amides is 3. The smallest absolute Gasteiger partial charge is 0.253 e. The van der Waals surface area contributed by atoms with E-state index in [-0.39, 0.29) is 30.9 Å². The fourth-order valence-electron chi connectivity index (χ4n) is 8.31. The number of anilines is 1. The first-order valence-electron chi connectivity index (χ1n) is 16.2. The highest BCUT2D eigenvalue weighted by atomic mass is 16.5. The van der Waals surface area contributed by atoms with Crippen LogP contribution in [0.3, 0.4) is 0 Å². The van der Waals surface area contributed by atoms with Crippen LogP contribution in [0.1, 0.15) is 31.7 Å². The zero-order chi connectivity index (χ0) is 32.6. The first-order chi connectivity index (χ1) is 22.2. The number of hydrogen-bond acceptors (Lipinski definition) is 5. The summed E-state index contributed by atoms with van der Waals surface area (Å²) in [5.41, 5.74) is -0.478. The Morgan fingerprint density at radius 1 is 1.00 bits per heavy atom. The van der Waals surface area contributed by atoms with Gasteiger partial charge in [-0.25, -0.2) is 0 Å². The van der Waals surface area contributed by atoms with E-state index in [9.17, 15) is 14.7 Å². The summed E-state index contributed by atoms with van der Waals surface area (Å²) in [5, 5.41) is 12.9. The Morgan fingerprint density at radius 2 is 1.70 bits per heavy atom. The lowest BCUT2D eigenvalue weighted by atomic mass is 9.64. The van der Waals surface area contributed by atoms with Gasteiger partial charge in [0, 0.05) is 25.8 Å². The van der Waals surface area contributed by atoms with Crippen LogP contribution in [0.25, 0.3) is 10.8 Å². The summed E-state index contributed by atoms with van der Waals surface area (Å²) < 4.78 is 7.01. The molecule has 3 saturated heterocycles. The number of ether oxygens (including phenoxy) is 1. The molecule has 1 N–H and O–H groups in total. The van der Waals surface area contributed by atoms with Crippen LogP contribution in [0.15, 0.2) is 98.1 Å². The van der Waals surface area contributed by atoms with Crippen molar-refractivity contribution in [3.63, 3.8) is 0 Å². The van der Waals surface area contributed by atoms with Crippen LogP contribution < -0.4 is 4.90 Å². The monoisotopic (exact) mass is 621 g/mol. The third kappa shape index (κ3) is 4.95. The number of likely N-dealkylation sites (tertiary alicyclic amines) is 1. The van der Waals surface area contributed by atoms with E-state index >= 15 is 4.79 Å². The van der Waals surface area contributed by atoms with E-state index in [0.717, 1.165) is 16.3 Å². The predicted molar refractivity (Wildman–Crippen MR) is 179 cm³/mol. The molecule has 8 nitrogen and oxygen atoms in total. The molecule has 3 aromatic rings. The number of carbonyl (C=O) groups is 3. The van der Waals surface area contributed by atoms with E-state index in [2.05, 4.69) is 13.2 Å². The number of fused-ring (bicyclic) bond motifs is 2. The molecule has 3 amide bonds. The maximum absolute atomic E-state index is 15.1. The molecule has 3 heterocycles. The number of rotatable bonds is 12. The topological polar surface area (TPSA) is 90.4 Å². The predicted octanol–water partition coefficient (Wildman–Crippen LogP) is 4.76. The van der Waals surface area contributed by atoms with Gasteiger partial charge in [0.2, 0.25) is 11.8 Å². The SMILES string of the molecule is C=CCN(C)C(=O)[C@H]1[C@H]2C(=O)N([C@@H](CO)Cc3ccccc3)C(C(=O)N(CC=C)c3ccc4ccccc4c3)C23CC[C@]1(CC)O3. The van der Waals surface area contributed by atoms with Gasteiger partial charge in [0.1, 0.15) is 11.6 Å². The minimum absolute atomic E-state index is 0.184. The Hall–Kier alpha value is -4.27. The van der Waals surface area contributed by atoms with Gasteiger partial charge in [0.15, 0.2) is 0 Å². The van der Waals surface area contributed by atoms with Crippen molar-refractivity contribution < 1.29 is 24.2 Å². The Kier molecular flexibility index (Phi) is 8.61. The summed E-state index contributed by atoms with van der Waals surface area (Å²) in [6, 6.07) is 21.7. The second-order valence-corrected chi connectivity index (χ2v) is 12.9. The van der Waals surface area contributed by atoms with Gasteiger partial charge >= 0.3 is 0 Å². The molecule has 1 spiro atoms. The minimum Gasteiger partial charge on any atom is -0.394 e. The summed E-state index contributed by atoms with van der Waals surface area (Å²) >= 11 is 0. The Bertz CT molecular complexity index is 1660. The van der Waals surface area contributed by atoms with Crippen molar-refractivity contribution in [2.45, 2.75) is 55.9 Å². The van der Waals surface area contributed by atoms with Crippen molar-refractivity contribution in [1.82, 2.24) is 9.80 Å². The van der Waals surface area contributed by atoms with Gasteiger partial charge in [-0.05, 0) is 54.2 Å². The third-order valence-corrected chi connectivity index (χ3v) is 10.4. The highest BCUT2D eigenvalue weighted by Gasteiger charge is 2.79. The molecule has 0 saturated carbocycles. The summed E-state index contributed by atoms with van der Waals surface area (Å²) in [6.07, 6.45) is 5.24. The molecule has 2 unspecified atom stereocenters. The van der Waals surface area contributed by atoms with Gasteiger partial charge in [-0.3, -0.25) is 14.4 Å². The zero-order valence-corrected chi connectivity index (χ0v) is 26.7. The lowest BCUT2D eigenvalue weighted by Gasteiger charge is -2.39. The highest BCUT2D eigenvalue weighted by Crippen LogP contribution is 2.65. The molecule has 6 rings (SSSR count). The van der Waals surface area contributed by atoms with E-state index in [1.54, 1.807) is 33.9 Å². The summed E-state index contributed by atoms with van der Waals surface area (Å²) in [4.78, 5) is 49.0. The second-order valence-electron chi connectivity index (χ2n) is 12.9. The van der Waals surface area contributed by atoms with Crippen molar-refractivity contribution >= 4 is 34.2 Å². The fourth-order valence-corrected chi connectivity index (χ4v) is 8.31. The van der Waals surface area contributed by atoms with Crippen LogP contribution in [-0.2, 0) is 25.5 Å². The van der Waals surface area contributed by atoms with Gasteiger partial charge in [-0.15, -0.1) is 13.2 Å². The number of likely N-dealkylation sites (N-methyl/N-ethyl adjacent to an activating group) is 1. The molecule has 3 fully saturated rings. The standard InChI is InChI=1S/C38H43N3O5/c1-5-21-39(4)34(43)31-32-35(44)41(30(25-42)23-26-13-9-8-10-14-26)33(38(32)20-19-37(31,7-3)46-38)36(45)40(22-6-2)29-18-17-27-15-11-12-16-28(27)24-29/h5-6,8-18,24,30-33,42H,1-2,7,19-23,25H2,3-4H3/t30-,31-,32+,33?,37+,38?/m1/s1. The average molecular weight is 622 g/mol. The van der Waals surface area contributed by atoms with E-state index < -0.39 is 35.1 Å². The molecule has 0 radical (unpaired) electrons. The van der Waals surface area contributed by atoms with Crippen LogP contribution in [0.4, 0.5) is 5.69 Å². The first-order valence-corrected chi connectivity index (χ1v) is 16.2. The van der Waals surface area contributed by atoms with Crippen molar-refractivity contribution in [3.05, 3.63) is 104 Å². The van der Waals surface area contributed by atoms with Crippen LogP contribution in [0.2, 0.25) is 0 Å². The van der Waals surface area contributed by atoms with E-state index in [0.29, 0.717) is 37.9 Å². The number of benzene rings is 3. The van der Waals surface area contributed by atoms with Gasteiger partial charge in [0.25, 0.3) is 5.91 Å². The van der Waals surface area contributed by atoms with Gasteiger partial charge < -0.3 is 24.5 Å². The quantitative estimate of drug-likeness (QED) is 0.295. The van der Waals surface area contributed by atoms with Crippen LogP contribution >= 0.6 is 0 Å². The molecule has 0 aromatic heterocycles. The summed E-state index contributed by atoms with van der Waals surface area (Å²) in [5.74, 6) is -2.42. The molecule has 8 heteroatoms. The molecule has 2 bridgehead atoms. The van der Waals surface area contributed by atoms with Gasteiger partial charge in [-0.1, -0.05) is 79.7 Å². The van der Waals surface area contributed by atoms with E-state index in [1.165, 1.54) is 0 Å². The Labute approximate surface area is 270 Å². The van der Waals surface area contributed by atoms with Crippen molar-refractivity contribution in [2.75, 3.05) is 31.6 Å². The number of hydrogen-bond donors (Lipinski definition) is 1. The number of nitrogens with zero attached hydrogens (tertiary/aromatic N) is 3. The van der Waals surface area contributed by atoms with Crippen LogP contribution in [0, 0.1) is 11.8 Å². The molecular weight excluding hydrogens is 578 g/mol. The van der Waals surface area contributed by atoms with Crippen molar-refractivity contribution in [1.29, 1.82) is 0 Å². The lowest BCUT2D eigenvalue weighted by molar-refractivity contribution is -0.153. The fraction of sp³-hybridized carbons (Fsp3) is 0.395. The number of carbonyl (C=O) groups excluding carboxylic acids is 3. The molecule has 46 heavy (non-hydrogen) atoms. The normalized spacial score (nSPS) is 27.0. The molecule has 240 valence electrons. The maximum Gasteiger partial charge on any atom is 0.253 e. The average Bonchev–Trinajstić information content (AvgIpc) is 3.69.